The number of hydrogen-bond donors (Lipinski definition) is 0. The van der Waals surface area contributed by atoms with Crippen LogP contribution in [0.1, 0.15) is 52.7 Å². The van der Waals surface area contributed by atoms with Crippen molar-refractivity contribution < 1.29 is 9.47 Å². The highest BCUT2D eigenvalue weighted by Gasteiger charge is 2.45. The van der Waals surface area contributed by atoms with E-state index < -0.39 is 8.07 Å². The van der Waals surface area contributed by atoms with Gasteiger partial charge in [0, 0.05) is 16.6 Å². The van der Waals surface area contributed by atoms with E-state index in [2.05, 4.69) is 254 Å². The van der Waals surface area contributed by atoms with Gasteiger partial charge in [0.05, 0.1) is 0 Å². The molecule has 0 saturated carbocycles. The van der Waals surface area contributed by atoms with Gasteiger partial charge in [-0.2, -0.15) is 0 Å². The quantitative estimate of drug-likeness (QED) is 0.117. The lowest BCUT2D eigenvalue weighted by Gasteiger charge is -2.37. The molecule has 0 bridgehead atoms. The van der Waals surface area contributed by atoms with Crippen LogP contribution in [-0.2, 0) is 10.8 Å². The molecule has 0 fully saturated rings. The number of benzene rings is 9. The minimum Gasteiger partial charge on any atom is -0.458 e. The summed E-state index contributed by atoms with van der Waals surface area (Å²) < 4.78 is 14.6. The molecule has 0 N–H and O–H groups in total. The fraction of sp³-hybridized carbons (Fsp3) is 0.129. The van der Waals surface area contributed by atoms with E-state index in [-0.39, 0.29) is 17.5 Å². The van der Waals surface area contributed by atoms with E-state index in [9.17, 15) is 0 Å². The second-order valence-electron chi connectivity index (χ2n) is 20.0. The molecular formula is C62H53BO2Si. The Hall–Kier alpha value is -7.14. The summed E-state index contributed by atoms with van der Waals surface area (Å²) in [6, 6.07) is 78.4. The fourth-order valence-corrected chi connectivity index (χ4v) is 15.2. The van der Waals surface area contributed by atoms with Gasteiger partial charge in [-0.1, -0.05) is 236 Å². The summed E-state index contributed by atoms with van der Waals surface area (Å²) in [4.78, 5) is 0. The average molecular weight is 869 g/mol. The molecule has 320 valence electrons. The van der Waals surface area contributed by atoms with Gasteiger partial charge in [-0.05, 0) is 94.1 Å². The highest BCUT2D eigenvalue weighted by atomic mass is 28.3. The van der Waals surface area contributed by atoms with Gasteiger partial charge < -0.3 is 9.47 Å². The number of hydrogen-bond acceptors (Lipinski definition) is 2. The third kappa shape index (κ3) is 6.94. The van der Waals surface area contributed by atoms with Crippen molar-refractivity contribution in [3.63, 3.8) is 0 Å². The molecule has 0 saturated heterocycles. The zero-order chi connectivity index (χ0) is 45.2. The molecule has 0 aliphatic carbocycles. The number of ether oxygens (including phenoxy) is 2. The first-order valence-electron chi connectivity index (χ1n) is 23.3. The maximum absolute atomic E-state index is 7.33. The summed E-state index contributed by atoms with van der Waals surface area (Å²) in [5.41, 5.74) is 12.5. The SMILES string of the molecule is CC(C)(C)c1ccc2c(c1)B1c3cc(C(C)(C)C)ccc3Oc3c(-c4ccccc4-c4ccccc4)cc(-c4ccc([Si](c5ccccc5)(c5ccccc5)c5ccccc5)cc4)c(c31)O2. The Morgan fingerprint density at radius 2 is 0.742 bits per heavy atom. The molecule has 0 amide bonds. The molecule has 11 rings (SSSR count). The van der Waals surface area contributed by atoms with Crippen molar-refractivity contribution in [2.45, 2.75) is 52.4 Å². The van der Waals surface area contributed by atoms with E-state index in [0.717, 1.165) is 61.8 Å². The second kappa shape index (κ2) is 16.1. The third-order valence-electron chi connectivity index (χ3n) is 13.9. The molecule has 0 atom stereocenters. The van der Waals surface area contributed by atoms with E-state index in [4.69, 9.17) is 9.47 Å². The Labute approximate surface area is 391 Å². The van der Waals surface area contributed by atoms with E-state index in [0.29, 0.717) is 0 Å². The van der Waals surface area contributed by atoms with Crippen molar-refractivity contribution in [2.75, 3.05) is 0 Å². The fourth-order valence-electron chi connectivity index (χ4n) is 10.5. The zero-order valence-electron chi connectivity index (χ0n) is 38.6. The number of fused-ring (bicyclic) bond motifs is 4. The molecule has 0 spiro atoms. The molecule has 2 heterocycles. The lowest BCUT2D eigenvalue weighted by atomic mass is 9.34. The smallest absolute Gasteiger partial charge is 0.260 e. The molecule has 66 heavy (non-hydrogen) atoms. The van der Waals surface area contributed by atoms with Crippen molar-refractivity contribution in [3.05, 3.63) is 223 Å². The second-order valence-corrected chi connectivity index (χ2v) is 23.8. The van der Waals surface area contributed by atoms with Crippen LogP contribution < -0.4 is 46.6 Å². The maximum Gasteiger partial charge on any atom is 0.260 e. The molecule has 0 radical (unpaired) electrons. The van der Waals surface area contributed by atoms with Crippen LogP contribution in [-0.4, -0.2) is 14.8 Å². The van der Waals surface area contributed by atoms with Crippen LogP contribution in [0.4, 0.5) is 0 Å². The van der Waals surface area contributed by atoms with Crippen LogP contribution in [0.3, 0.4) is 0 Å². The minimum atomic E-state index is -2.76. The molecule has 2 nitrogen and oxygen atoms in total. The molecular weight excluding hydrogens is 816 g/mol. The van der Waals surface area contributed by atoms with Gasteiger partial charge in [-0.3, -0.25) is 0 Å². The Balaban J connectivity index is 1.20. The van der Waals surface area contributed by atoms with Crippen molar-refractivity contribution in [1.29, 1.82) is 0 Å². The molecule has 0 unspecified atom stereocenters. The van der Waals surface area contributed by atoms with E-state index in [1.165, 1.54) is 42.8 Å². The summed E-state index contributed by atoms with van der Waals surface area (Å²) in [7, 11) is -2.76. The van der Waals surface area contributed by atoms with Crippen molar-refractivity contribution >= 4 is 51.9 Å². The lowest BCUT2D eigenvalue weighted by Crippen LogP contribution is -2.74. The average Bonchev–Trinajstić information content (AvgIpc) is 3.35. The van der Waals surface area contributed by atoms with Crippen LogP contribution >= 0.6 is 0 Å². The van der Waals surface area contributed by atoms with E-state index in [1.54, 1.807) is 0 Å². The summed E-state index contributed by atoms with van der Waals surface area (Å²) in [5.74, 6) is 3.48. The highest BCUT2D eigenvalue weighted by Crippen LogP contribution is 2.48. The van der Waals surface area contributed by atoms with Gasteiger partial charge in [-0.25, -0.2) is 0 Å². The van der Waals surface area contributed by atoms with Crippen molar-refractivity contribution in [1.82, 2.24) is 0 Å². The first kappa shape index (κ1) is 41.6. The Morgan fingerprint density at radius 1 is 0.348 bits per heavy atom. The molecule has 2 aliphatic rings. The van der Waals surface area contributed by atoms with Gasteiger partial charge in [0.2, 0.25) is 0 Å². The molecule has 0 aromatic heterocycles. The van der Waals surface area contributed by atoms with Gasteiger partial charge in [0.15, 0.2) is 8.07 Å². The van der Waals surface area contributed by atoms with Gasteiger partial charge >= 0.3 is 0 Å². The first-order chi connectivity index (χ1) is 32.0. The molecule has 9 aromatic rings. The predicted molar refractivity (Wildman–Crippen MR) is 281 cm³/mol. The molecule has 9 aromatic carbocycles. The maximum atomic E-state index is 7.33. The summed E-state index contributed by atoms with van der Waals surface area (Å²) in [6.45, 7) is 13.6. The third-order valence-corrected chi connectivity index (χ3v) is 18.7. The largest absolute Gasteiger partial charge is 0.458 e. The normalized spacial score (nSPS) is 12.9. The van der Waals surface area contributed by atoms with Crippen LogP contribution in [0.5, 0.6) is 23.0 Å². The summed E-state index contributed by atoms with van der Waals surface area (Å²) >= 11 is 0. The monoisotopic (exact) mass is 868 g/mol. The summed E-state index contributed by atoms with van der Waals surface area (Å²) in [6.07, 6.45) is 0. The molecule has 2 aliphatic heterocycles. The Kier molecular flexibility index (Phi) is 10.1. The van der Waals surface area contributed by atoms with E-state index in [1.807, 2.05) is 0 Å². The highest BCUT2D eigenvalue weighted by molar-refractivity contribution is 7.19. The van der Waals surface area contributed by atoms with Crippen LogP contribution in [0.2, 0.25) is 0 Å². The molecule has 4 heteroatoms. The standard InChI is InChI=1S/C62H53BO2Si/c1-61(2,3)44-33-37-56-54(39-44)63-55-40-45(62(4,5)6)34-38-57(55)65-60-53(51-30-20-19-29-50(51)42-21-11-7-12-22-42)41-52(59(64-56)58(60)63)43-31-35-49(36-32-43)66(46-23-13-8-14-24-46,47-25-15-9-16-26-47)48-27-17-10-18-28-48/h7-41H,1-6H3. The number of rotatable bonds is 7. The van der Waals surface area contributed by atoms with Crippen molar-refractivity contribution in [2.24, 2.45) is 0 Å². The van der Waals surface area contributed by atoms with Gasteiger partial charge in [0.1, 0.15) is 23.0 Å². The minimum absolute atomic E-state index is 0.0550. The van der Waals surface area contributed by atoms with Crippen LogP contribution in [0, 0.1) is 0 Å². The summed E-state index contributed by atoms with van der Waals surface area (Å²) in [5, 5.41) is 5.37. The first-order valence-corrected chi connectivity index (χ1v) is 25.3. The van der Waals surface area contributed by atoms with Gasteiger partial charge in [-0.15, -0.1) is 0 Å². The topological polar surface area (TPSA) is 18.5 Å². The lowest BCUT2D eigenvalue weighted by molar-refractivity contribution is 0.466. The van der Waals surface area contributed by atoms with Gasteiger partial charge in [0.25, 0.3) is 6.71 Å². The van der Waals surface area contributed by atoms with Crippen molar-refractivity contribution in [3.8, 4) is 56.4 Å². The predicted octanol–water partition coefficient (Wildman–Crippen LogP) is 11.4. The van der Waals surface area contributed by atoms with Crippen LogP contribution in [0.25, 0.3) is 33.4 Å². The zero-order valence-corrected chi connectivity index (χ0v) is 39.6. The Morgan fingerprint density at radius 3 is 1.21 bits per heavy atom. The van der Waals surface area contributed by atoms with E-state index >= 15 is 0 Å². The Bertz CT molecular complexity index is 3120. The van der Waals surface area contributed by atoms with Crippen LogP contribution in [0.15, 0.2) is 212 Å².